The molecule has 100 valence electrons. The van der Waals surface area contributed by atoms with E-state index in [0.717, 1.165) is 24.9 Å². The Morgan fingerprint density at radius 3 is 2.33 bits per heavy atom. The molecule has 18 heavy (non-hydrogen) atoms. The molecule has 2 nitrogen and oxygen atoms in total. The van der Waals surface area contributed by atoms with Crippen LogP contribution in [0.5, 0.6) is 0 Å². The van der Waals surface area contributed by atoms with Gasteiger partial charge in [-0.2, -0.15) is 0 Å². The molecule has 0 atom stereocenters. The summed E-state index contributed by atoms with van der Waals surface area (Å²) >= 11 is 0. The van der Waals surface area contributed by atoms with Crippen molar-refractivity contribution in [3.05, 3.63) is 35.4 Å². The lowest BCUT2D eigenvalue weighted by molar-refractivity contribution is 0.0944. The molecule has 0 fully saturated rings. The number of Topliss-reactive ketones (excluding diaryl/α,β-unsaturated/α-hetero) is 1. The van der Waals surface area contributed by atoms with Crippen molar-refractivity contribution >= 4 is 5.78 Å². The highest BCUT2D eigenvalue weighted by Gasteiger charge is 2.09. The minimum absolute atomic E-state index is 0.212. The van der Waals surface area contributed by atoms with Gasteiger partial charge in [0.2, 0.25) is 0 Å². The summed E-state index contributed by atoms with van der Waals surface area (Å²) in [6.07, 6.45) is 2.15. The van der Waals surface area contributed by atoms with E-state index < -0.39 is 0 Å². The number of benzene rings is 1. The van der Waals surface area contributed by atoms with E-state index in [1.165, 1.54) is 5.56 Å². The summed E-state index contributed by atoms with van der Waals surface area (Å²) in [4.78, 5) is 14.2. The molecule has 0 aromatic heterocycles. The van der Waals surface area contributed by atoms with Crippen LogP contribution in [0.15, 0.2) is 24.3 Å². The lowest BCUT2D eigenvalue weighted by Gasteiger charge is -2.17. The van der Waals surface area contributed by atoms with Crippen LogP contribution in [0.25, 0.3) is 0 Å². The highest BCUT2D eigenvalue weighted by Crippen LogP contribution is 2.07. The van der Waals surface area contributed by atoms with Crippen LogP contribution in [0.4, 0.5) is 0 Å². The van der Waals surface area contributed by atoms with Crippen molar-refractivity contribution in [2.24, 2.45) is 5.92 Å². The molecule has 0 radical (unpaired) electrons. The van der Waals surface area contributed by atoms with Crippen LogP contribution in [0, 0.1) is 5.92 Å². The summed E-state index contributed by atoms with van der Waals surface area (Å²) in [5, 5.41) is 0. The summed E-state index contributed by atoms with van der Waals surface area (Å²) in [6, 6.07) is 7.97. The Balaban J connectivity index is 2.48. The molecule has 0 N–H and O–H groups in total. The van der Waals surface area contributed by atoms with Gasteiger partial charge in [0.25, 0.3) is 0 Å². The number of hydrogen-bond donors (Lipinski definition) is 0. The van der Waals surface area contributed by atoms with E-state index in [1.54, 1.807) is 0 Å². The van der Waals surface area contributed by atoms with Gasteiger partial charge in [-0.1, -0.05) is 45.0 Å². The van der Waals surface area contributed by atoms with E-state index >= 15 is 0 Å². The normalized spacial score (nSPS) is 11.2. The molecule has 0 spiro atoms. The van der Waals surface area contributed by atoms with E-state index in [9.17, 15) is 4.79 Å². The molecular formula is C16H25NO. The molecule has 1 rings (SSSR count). The number of rotatable bonds is 7. The van der Waals surface area contributed by atoms with E-state index in [0.29, 0.717) is 12.5 Å². The van der Waals surface area contributed by atoms with Crippen molar-refractivity contribution in [1.82, 2.24) is 4.90 Å². The van der Waals surface area contributed by atoms with Gasteiger partial charge in [-0.25, -0.2) is 0 Å². The Morgan fingerprint density at radius 1 is 1.22 bits per heavy atom. The first-order chi connectivity index (χ1) is 8.52. The highest BCUT2D eigenvalue weighted by atomic mass is 16.1. The topological polar surface area (TPSA) is 20.3 Å². The highest BCUT2D eigenvalue weighted by molar-refractivity contribution is 5.97. The standard InChI is InChI=1S/C16H25NO/c1-5-14-6-8-15(9-7-14)16(18)12-17(4)11-10-13(2)3/h6-9,13H,5,10-12H2,1-4H3. The molecule has 1 aromatic carbocycles. The Kier molecular flexibility index (Phi) is 6.06. The lowest BCUT2D eigenvalue weighted by atomic mass is 10.1. The molecule has 0 amide bonds. The van der Waals surface area contributed by atoms with Gasteiger partial charge >= 0.3 is 0 Å². The zero-order valence-corrected chi connectivity index (χ0v) is 12.1. The fraction of sp³-hybridized carbons (Fsp3) is 0.562. The molecule has 0 aliphatic carbocycles. The summed E-state index contributed by atoms with van der Waals surface area (Å²) in [7, 11) is 2.01. The maximum atomic E-state index is 12.1. The minimum atomic E-state index is 0.212. The summed E-state index contributed by atoms with van der Waals surface area (Å²) in [6.45, 7) is 8.03. The fourth-order valence-electron chi connectivity index (χ4n) is 1.82. The van der Waals surface area contributed by atoms with Crippen LogP contribution in [-0.4, -0.2) is 30.8 Å². The van der Waals surface area contributed by atoms with Gasteiger partial charge in [-0.05, 0) is 37.9 Å². The van der Waals surface area contributed by atoms with Crippen molar-refractivity contribution < 1.29 is 4.79 Å². The van der Waals surface area contributed by atoms with Gasteiger partial charge in [-0.3, -0.25) is 9.69 Å². The Bertz CT molecular complexity index is 367. The van der Waals surface area contributed by atoms with E-state index in [2.05, 4.69) is 25.7 Å². The largest absolute Gasteiger partial charge is 0.299 e. The third-order valence-corrected chi connectivity index (χ3v) is 3.19. The molecule has 1 aromatic rings. The SMILES string of the molecule is CCc1ccc(C(=O)CN(C)CCC(C)C)cc1. The Morgan fingerprint density at radius 2 is 1.83 bits per heavy atom. The summed E-state index contributed by atoms with van der Waals surface area (Å²) in [5.41, 5.74) is 2.10. The summed E-state index contributed by atoms with van der Waals surface area (Å²) in [5.74, 6) is 0.898. The maximum absolute atomic E-state index is 12.1. The first kappa shape index (κ1) is 14.9. The van der Waals surface area contributed by atoms with Crippen molar-refractivity contribution in [3.8, 4) is 0 Å². The van der Waals surface area contributed by atoms with Gasteiger partial charge in [-0.15, -0.1) is 0 Å². The van der Waals surface area contributed by atoms with Gasteiger partial charge in [0.15, 0.2) is 5.78 Å². The molecule has 0 bridgehead atoms. The van der Waals surface area contributed by atoms with Crippen LogP contribution in [0.3, 0.4) is 0 Å². The predicted molar refractivity (Wildman–Crippen MR) is 77.1 cm³/mol. The van der Waals surface area contributed by atoms with Crippen LogP contribution in [0.2, 0.25) is 0 Å². The third-order valence-electron chi connectivity index (χ3n) is 3.19. The first-order valence-corrected chi connectivity index (χ1v) is 6.83. The number of ketones is 1. The smallest absolute Gasteiger partial charge is 0.176 e. The second kappa shape index (κ2) is 7.32. The van der Waals surface area contributed by atoms with Gasteiger partial charge in [0, 0.05) is 5.56 Å². The monoisotopic (exact) mass is 247 g/mol. The molecule has 0 aliphatic heterocycles. The van der Waals surface area contributed by atoms with Crippen LogP contribution < -0.4 is 0 Å². The van der Waals surface area contributed by atoms with Crippen LogP contribution >= 0.6 is 0 Å². The number of carbonyl (C=O) groups excluding carboxylic acids is 1. The van der Waals surface area contributed by atoms with Gasteiger partial charge < -0.3 is 0 Å². The minimum Gasteiger partial charge on any atom is -0.299 e. The van der Waals surface area contributed by atoms with Crippen LogP contribution in [0.1, 0.15) is 43.1 Å². The zero-order valence-electron chi connectivity index (χ0n) is 12.1. The van der Waals surface area contributed by atoms with Crippen molar-refractivity contribution in [2.75, 3.05) is 20.1 Å². The predicted octanol–water partition coefficient (Wildman–Crippen LogP) is 3.41. The Labute approximate surface area is 111 Å². The molecule has 0 heterocycles. The Hall–Kier alpha value is -1.15. The third kappa shape index (κ3) is 5.01. The average molecular weight is 247 g/mol. The van der Waals surface area contributed by atoms with E-state index in [-0.39, 0.29) is 5.78 Å². The van der Waals surface area contributed by atoms with Gasteiger partial charge in [0.05, 0.1) is 6.54 Å². The molecule has 0 saturated heterocycles. The summed E-state index contributed by atoms with van der Waals surface area (Å²) < 4.78 is 0. The van der Waals surface area contributed by atoms with Crippen molar-refractivity contribution in [1.29, 1.82) is 0 Å². The van der Waals surface area contributed by atoms with Crippen molar-refractivity contribution in [3.63, 3.8) is 0 Å². The second-order valence-corrected chi connectivity index (χ2v) is 5.39. The van der Waals surface area contributed by atoms with Crippen LogP contribution in [-0.2, 0) is 6.42 Å². The van der Waals surface area contributed by atoms with Gasteiger partial charge in [0.1, 0.15) is 0 Å². The fourth-order valence-corrected chi connectivity index (χ4v) is 1.82. The van der Waals surface area contributed by atoms with E-state index in [1.807, 2.05) is 31.3 Å². The number of likely N-dealkylation sites (N-methyl/N-ethyl adjacent to an activating group) is 1. The van der Waals surface area contributed by atoms with E-state index in [4.69, 9.17) is 0 Å². The lowest BCUT2D eigenvalue weighted by Crippen LogP contribution is -2.27. The van der Waals surface area contributed by atoms with Crippen molar-refractivity contribution in [2.45, 2.75) is 33.6 Å². The number of nitrogens with zero attached hydrogens (tertiary/aromatic N) is 1. The molecule has 0 unspecified atom stereocenters. The second-order valence-electron chi connectivity index (χ2n) is 5.39. The first-order valence-electron chi connectivity index (χ1n) is 6.83. The number of aryl methyl sites for hydroxylation is 1. The maximum Gasteiger partial charge on any atom is 0.176 e. The molecular weight excluding hydrogens is 222 g/mol. The molecule has 2 heteroatoms. The molecule has 0 aliphatic rings. The zero-order chi connectivity index (χ0) is 13.5. The average Bonchev–Trinajstić information content (AvgIpc) is 2.36. The number of carbonyl (C=O) groups is 1. The number of hydrogen-bond acceptors (Lipinski definition) is 2. The molecule has 0 saturated carbocycles. The quantitative estimate of drug-likeness (QED) is 0.688.